The van der Waals surface area contributed by atoms with Crippen molar-refractivity contribution in [3.8, 4) is 0 Å². The molecule has 25 heavy (non-hydrogen) atoms. The number of hydrogen-bond donors (Lipinski definition) is 1. The molecule has 0 saturated carbocycles. The van der Waals surface area contributed by atoms with Crippen molar-refractivity contribution in [1.82, 2.24) is 15.3 Å². The highest BCUT2D eigenvalue weighted by atomic mass is 32.1. The molecule has 128 valence electrons. The highest BCUT2D eigenvalue weighted by Crippen LogP contribution is 2.13. The highest BCUT2D eigenvalue weighted by Gasteiger charge is 2.08. The first-order chi connectivity index (χ1) is 12.2. The number of nitrogens with one attached hydrogen (secondary N) is 1. The predicted octanol–water partition coefficient (Wildman–Crippen LogP) is 3.49. The van der Waals surface area contributed by atoms with Crippen molar-refractivity contribution in [1.29, 1.82) is 0 Å². The van der Waals surface area contributed by atoms with Gasteiger partial charge in [0.25, 0.3) is 0 Å². The summed E-state index contributed by atoms with van der Waals surface area (Å²) >= 11 is 1.61. The minimum Gasteiger partial charge on any atom is -0.352 e. The van der Waals surface area contributed by atoms with Crippen LogP contribution in [0.4, 0.5) is 0 Å². The Morgan fingerprint density at radius 2 is 2.04 bits per heavy atom. The summed E-state index contributed by atoms with van der Waals surface area (Å²) in [6.45, 7) is 2.60. The zero-order valence-corrected chi connectivity index (χ0v) is 15.1. The Hall–Kier alpha value is -2.53. The van der Waals surface area contributed by atoms with E-state index < -0.39 is 0 Å². The van der Waals surface area contributed by atoms with Crippen LogP contribution in [0.5, 0.6) is 0 Å². The van der Waals surface area contributed by atoms with Gasteiger partial charge >= 0.3 is 0 Å². The Bertz CT molecular complexity index is 830. The van der Waals surface area contributed by atoms with E-state index in [-0.39, 0.29) is 5.91 Å². The van der Waals surface area contributed by atoms with Crippen molar-refractivity contribution >= 4 is 17.2 Å². The lowest BCUT2D eigenvalue weighted by atomic mass is 10.1. The molecule has 3 aromatic rings. The first-order valence-corrected chi connectivity index (χ1v) is 9.22. The number of benzene rings is 1. The molecule has 0 saturated heterocycles. The van der Waals surface area contributed by atoms with E-state index in [0.717, 1.165) is 34.8 Å². The molecule has 0 aliphatic heterocycles. The third-order valence-corrected chi connectivity index (χ3v) is 4.79. The molecule has 0 aliphatic rings. The standard InChI is InChI=1S/C20H21N3OS/c1-15-5-4-6-16(11-15)13-22-19(24)12-18-14-25-20(23-18)9-8-17-7-2-3-10-21-17/h2-7,10-11,14H,8-9,12-13H2,1H3,(H,22,24). The van der Waals surface area contributed by atoms with Gasteiger partial charge in [-0.1, -0.05) is 35.9 Å². The van der Waals surface area contributed by atoms with Crippen LogP contribution in [0.25, 0.3) is 0 Å². The van der Waals surface area contributed by atoms with Crippen molar-refractivity contribution in [3.63, 3.8) is 0 Å². The number of carbonyl (C=O) groups is 1. The third-order valence-electron chi connectivity index (χ3n) is 3.83. The second kappa shape index (κ2) is 8.53. The van der Waals surface area contributed by atoms with Crippen LogP contribution in [0, 0.1) is 6.92 Å². The summed E-state index contributed by atoms with van der Waals surface area (Å²) in [6, 6.07) is 14.1. The fraction of sp³-hybridized carbons (Fsp3) is 0.250. The van der Waals surface area contributed by atoms with Crippen molar-refractivity contribution in [2.24, 2.45) is 0 Å². The SMILES string of the molecule is Cc1cccc(CNC(=O)Cc2csc(CCc3ccccn3)n2)c1. The Morgan fingerprint density at radius 3 is 2.84 bits per heavy atom. The van der Waals surface area contributed by atoms with Gasteiger partial charge in [-0.05, 0) is 31.0 Å². The second-order valence-electron chi connectivity index (χ2n) is 6.00. The first kappa shape index (κ1) is 17.3. The van der Waals surface area contributed by atoms with Gasteiger partial charge in [0, 0.05) is 30.2 Å². The lowest BCUT2D eigenvalue weighted by Crippen LogP contribution is -2.24. The minimum atomic E-state index is 0.00285. The van der Waals surface area contributed by atoms with E-state index in [4.69, 9.17) is 0 Å². The van der Waals surface area contributed by atoms with Gasteiger partial charge < -0.3 is 5.32 Å². The van der Waals surface area contributed by atoms with E-state index in [1.165, 1.54) is 5.56 Å². The predicted molar refractivity (Wildman–Crippen MR) is 100 cm³/mol. The molecule has 0 unspecified atom stereocenters. The molecule has 0 aliphatic carbocycles. The molecular formula is C20H21N3OS. The van der Waals surface area contributed by atoms with E-state index in [9.17, 15) is 4.79 Å². The molecule has 5 heteroatoms. The average Bonchev–Trinajstić information content (AvgIpc) is 3.06. The Morgan fingerprint density at radius 1 is 1.12 bits per heavy atom. The van der Waals surface area contributed by atoms with Gasteiger partial charge in [0.15, 0.2) is 0 Å². The van der Waals surface area contributed by atoms with Gasteiger partial charge in [0.2, 0.25) is 5.91 Å². The number of rotatable bonds is 7. The largest absolute Gasteiger partial charge is 0.352 e. The van der Waals surface area contributed by atoms with Crippen LogP contribution in [0.1, 0.15) is 27.5 Å². The van der Waals surface area contributed by atoms with Crippen molar-refractivity contribution < 1.29 is 4.79 Å². The maximum atomic E-state index is 12.1. The van der Waals surface area contributed by atoms with Crippen LogP contribution in [-0.4, -0.2) is 15.9 Å². The van der Waals surface area contributed by atoms with E-state index in [1.807, 2.05) is 48.7 Å². The van der Waals surface area contributed by atoms with E-state index in [2.05, 4.69) is 21.4 Å². The Kier molecular flexibility index (Phi) is 5.90. The number of thiazole rings is 1. The van der Waals surface area contributed by atoms with Crippen LogP contribution in [0.15, 0.2) is 54.0 Å². The summed E-state index contributed by atoms with van der Waals surface area (Å²) in [7, 11) is 0. The number of nitrogens with zero attached hydrogens (tertiary/aromatic N) is 2. The molecule has 0 spiro atoms. The maximum Gasteiger partial charge on any atom is 0.226 e. The van der Waals surface area contributed by atoms with Gasteiger partial charge in [0.05, 0.1) is 17.1 Å². The summed E-state index contributed by atoms with van der Waals surface area (Å²) in [4.78, 5) is 21.0. The fourth-order valence-corrected chi connectivity index (χ4v) is 3.37. The molecule has 1 aromatic carbocycles. The quantitative estimate of drug-likeness (QED) is 0.709. The van der Waals surface area contributed by atoms with E-state index >= 15 is 0 Å². The topological polar surface area (TPSA) is 54.9 Å². The van der Waals surface area contributed by atoms with Gasteiger partial charge in [-0.25, -0.2) is 4.98 Å². The van der Waals surface area contributed by atoms with Crippen LogP contribution >= 0.6 is 11.3 Å². The Labute approximate surface area is 152 Å². The number of carbonyl (C=O) groups excluding carboxylic acids is 1. The van der Waals surface area contributed by atoms with Gasteiger partial charge in [-0.15, -0.1) is 11.3 Å². The van der Waals surface area contributed by atoms with Gasteiger partial charge in [-0.2, -0.15) is 0 Å². The van der Waals surface area contributed by atoms with Crippen molar-refractivity contribution in [2.75, 3.05) is 0 Å². The van der Waals surface area contributed by atoms with Gasteiger partial charge in [0.1, 0.15) is 0 Å². The lowest BCUT2D eigenvalue weighted by molar-refractivity contribution is -0.120. The molecule has 0 fully saturated rings. The zero-order chi connectivity index (χ0) is 17.5. The number of pyridine rings is 1. The lowest BCUT2D eigenvalue weighted by Gasteiger charge is -2.05. The van der Waals surface area contributed by atoms with Crippen LogP contribution < -0.4 is 5.32 Å². The number of aryl methyl sites for hydroxylation is 3. The molecule has 0 atom stereocenters. The van der Waals surface area contributed by atoms with Crippen LogP contribution in [0.3, 0.4) is 0 Å². The molecule has 1 amide bonds. The first-order valence-electron chi connectivity index (χ1n) is 8.34. The number of hydrogen-bond acceptors (Lipinski definition) is 4. The van der Waals surface area contributed by atoms with Crippen molar-refractivity contribution in [3.05, 3.63) is 81.6 Å². The maximum absolute atomic E-state index is 12.1. The second-order valence-corrected chi connectivity index (χ2v) is 6.94. The summed E-state index contributed by atoms with van der Waals surface area (Å²) < 4.78 is 0. The number of amides is 1. The van der Waals surface area contributed by atoms with E-state index in [0.29, 0.717) is 13.0 Å². The summed E-state index contributed by atoms with van der Waals surface area (Å²) in [5, 5.41) is 5.98. The molecule has 2 heterocycles. The average molecular weight is 351 g/mol. The van der Waals surface area contributed by atoms with Crippen LogP contribution in [0.2, 0.25) is 0 Å². The zero-order valence-electron chi connectivity index (χ0n) is 14.2. The summed E-state index contributed by atoms with van der Waals surface area (Å²) in [5.74, 6) is 0.00285. The van der Waals surface area contributed by atoms with Crippen molar-refractivity contribution in [2.45, 2.75) is 32.7 Å². The molecule has 0 radical (unpaired) electrons. The smallest absolute Gasteiger partial charge is 0.226 e. The molecular weight excluding hydrogens is 330 g/mol. The monoisotopic (exact) mass is 351 g/mol. The van der Waals surface area contributed by atoms with Crippen LogP contribution in [-0.2, 0) is 30.6 Å². The fourth-order valence-electron chi connectivity index (χ4n) is 2.58. The molecule has 2 aromatic heterocycles. The third kappa shape index (κ3) is 5.50. The molecule has 1 N–H and O–H groups in total. The Balaban J connectivity index is 1.46. The molecule has 4 nitrogen and oxygen atoms in total. The minimum absolute atomic E-state index is 0.00285. The summed E-state index contributed by atoms with van der Waals surface area (Å²) in [6.07, 6.45) is 3.85. The summed E-state index contributed by atoms with van der Waals surface area (Å²) in [5.41, 5.74) is 4.21. The highest BCUT2D eigenvalue weighted by molar-refractivity contribution is 7.09. The van der Waals surface area contributed by atoms with E-state index in [1.54, 1.807) is 17.5 Å². The number of aromatic nitrogens is 2. The molecule has 0 bridgehead atoms. The molecule has 3 rings (SSSR count). The normalized spacial score (nSPS) is 10.6. The van der Waals surface area contributed by atoms with Gasteiger partial charge in [-0.3, -0.25) is 9.78 Å².